The zero-order chi connectivity index (χ0) is 14.9. The van der Waals surface area contributed by atoms with E-state index in [1.165, 1.54) is 13.8 Å². The van der Waals surface area contributed by atoms with E-state index >= 15 is 0 Å². The Morgan fingerprint density at radius 3 is 1.50 bits per heavy atom. The fourth-order valence-corrected chi connectivity index (χ4v) is 2.47. The van der Waals surface area contributed by atoms with Crippen molar-refractivity contribution in [3.8, 4) is 0 Å². The van der Waals surface area contributed by atoms with E-state index < -0.39 is 11.8 Å². The molecule has 2 rings (SSSR count). The molecule has 106 valence electrons. The van der Waals surface area contributed by atoms with Crippen LogP contribution in [0.15, 0.2) is 33.1 Å². The van der Waals surface area contributed by atoms with E-state index in [1.54, 1.807) is 12.1 Å². The van der Waals surface area contributed by atoms with Crippen LogP contribution in [0.1, 0.15) is 42.8 Å². The maximum Gasteiger partial charge on any atom is 0.141 e. The lowest BCUT2D eigenvalue weighted by Gasteiger charge is -2.19. The van der Waals surface area contributed by atoms with Crippen LogP contribution in [0.2, 0.25) is 0 Å². The molecule has 0 aliphatic heterocycles. The van der Waals surface area contributed by atoms with E-state index in [0.717, 1.165) is 11.5 Å². The molecule has 0 bridgehead atoms. The summed E-state index contributed by atoms with van der Waals surface area (Å²) in [4.78, 5) is 23.8. The standard InChI is InChI=1S/C16H18O4/c1-9-5-7-13(19-9)16(14-8-6-10(2)20-14)15(11(3)17)12(4)18/h5-8,15-16H,1-4H3. The smallest absolute Gasteiger partial charge is 0.141 e. The summed E-state index contributed by atoms with van der Waals surface area (Å²) in [5, 5.41) is 0. The zero-order valence-electron chi connectivity index (χ0n) is 12.1. The van der Waals surface area contributed by atoms with E-state index in [4.69, 9.17) is 8.83 Å². The molecule has 2 aromatic rings. The van der Waals surface area contributed by atoms with Crippen molar-refractivity contribution in [2.45, 2.75) is 33.6 Å². The van der Waals surface area contributed by atoms with Gasteiger partial charge >= 0.3 is 0 Å². The topological polar surface area (TPSA) is 60.4 Å². The van der Waals surface area contributed by atoms with Gasteiger partial charge in [0.2, 0.25) is 0 Å². The summed E-state index contributed by atoms with van der Waals surface area (Å²) in [6.45, 7) is 6.49. The lowest BCUT2D eigenvalue weighted by Crippen LogP contribution is -2.27. The molecule has 20 heavy (non-hydrogen) atoms. The SMILES string of the molecule is CC(=O)C(C(C)=O)C(c1ccc(C)o1)c1ccc(C)o1. The molecule has 0 spiro atoms. The maximum absolute atomic E-state index is 11.9. The van der Waals surface area contributed by atoms with Gasteiger partial charge < -0.3 is 8.83 Å². The van der Waals surface area contributed by atoms with Gasteiger partial charge in [-0.15, -0.1) is 0 Å². The van der Waals surface area contributed by atoms with Gasteiger partial charge in [-0.05, 0) is 52.0 Å². The quantitative estimate of drug-likeness (QED) is 0.784. The first kappa shape index (κ1) is 14.3. The molecule has 0 amide bonds. The Labute approximate surface area is 117 Å². The van der Waals surface area contributed by atoms with Crippen LogP contribution in [0.3, 0.4) is 0 Å². The third-order valence-electron chi connectivity index (χ3n) is 3.34. The van der Waals surface area contributed by atoms with E-state index in [1.807, 2.05) is 26.0 Å². The Hall–Kier alpha value is -2.10. The maximum atomic E-state index is 11.9. The molecule has 0 radical (unpaired) electrons. The van der Waals surface area contributed by atoms with Crippen molar-refractivity contribution in [1.82, 2.24) is 0 Å². The monoisotopic (exact) mass is 274 g/mol. The van der Waals surface area contributed by atoms with Crippen LogP contribution in [0, 0.1) is 19.8 Å². The largest absolute Gasteiger partial charge is 0.466 e. The average Bonchev–Trinajstić information content (AvgIpc) is 2.94. The summed E-state index contributed by atoms with van der Waals surface area (Å²) in [5.74, 6) is 0.951. The van der Waals surface area contributed by atoms with Crippen LogP contribution in [0.4, 0.5) is 0 Å². The number of furan rings is 2. The average molecular weight is 274 g/mol. The second kappa shape index (κ2) is 5.49. The normalized spacial score (nSPS) is 11.3. The molecule has 0 atom stereocenters. The van der Waals surface area contributed by atoms with Crippen molar-refractivity contribution in [1.29, 1.82) is 0 Å². The summed E-state index contributed by atoms with van der Waals surface area (Å²) in [6, 6.07) is 7.21. The van der Waals surface area contributed by atoms with Crippen molar-refractivity contribution in [3.63, 3.8) is 0 Å². The molecule has 2 heterocycles. The van der Waals surface area contributed by atoms with Crippen LogP contribution in [0.25, 0.3) is 0 Å². The first-order valence-corrected chi connectivity index (χ1v) is 6.53. The fraction of sp³-hybridized carbons (Fsp3) is 0.375. The summed E-state index contributed by atoms with van der Waals surface area (Å²) < 4.78 is 11.3. The van der Waals surface area contributed by atoms with Crippen molar-refractivity contribution >= 4 is 11.6 Å². The van der Waals surface area contributed by atoms with Crippen LogP contribution in [-0.2, 0) is 9.59 Å². The number of ketones is 2. The minimum absolute atomic E-state index is 0.189. The number of Topliss-reactive ketones (excluding diaryl/α,β-unsaturated/α-hetero) is 2. The van der Waals surface area contributed by atoms with Gasteiger partial charge in [0.25, 0.3) is 0 Å². The first-order valence-electron chi connectivity index (χ1n) is 6.53. The van der Waals surface area contributed by atoms with Gasteiger partial charge in [-0.3, -0.25) is 9.59 Å². The van der Waals surface area contributed by atoms with Crippen LogP contribution < -0.4 is 0 Å². The van der Waals surface area contributed by atoms with Crippen molar-refractivity contribution in [3.05, 3.63) is 47.3 Å². The van der Waals surface area contributed by atoms with Gasteiger partial charge in [0.15, 0.2) is 0 Å². The minimum Gasteiger partial charge on any atom is -0.466 e. The molecule has 0 fully saturated rings. The van der Waals surface area contributed by atoms with Crippen LogP contribution in [0.5, 0.6) is 0 Å². The van der Waals surface area contributed by atoms with Crippen molar-refractivity contribution in [2.75, 3.05) is 0 Å². The third-order valence-corrected chi connectivity index (χ3v) is 3.34. The van der Waals surface area contributed by atoms with Crippen molar-refractivity contribution in [2.24, 2.45) is 5.92 Å². The van der Waals surface area contributed by atoms with Gasteiger partial charge in [0.05, 0.1) is 11.8 Å². The number of hydrogen-bond acceptors (Lipinski definition) is 4. The number of carbonyl (C=O) groups is 2. The number of carbonyl (C=O) groups excluding carboxylic acids is 2. The van der Waals surface area contributed by atoms with E-state index in [-0.39, 0.29) is 11.6 Å². The molecule has 0 aliphatic rings. The molecule has 0 aromatic carbocycles. The molecule has 0 saturated carbocycles. The molecular weight excluding hydrogens is 256 g/mol. The molecule has 0 aliphatic carbocycles. The minimum atomic E-state index is -0.786. The molecule has 0 saturated heterocycles. The van der Waals surface area contributed by atoms with Crippen molar-refractivity contribution < 1.29 is 18.4 Å². The first-order chi connectivity index (χ1) is 9.40. The molecular formula is C16H18O4. The van der Waals surface area contributed by atoms with E-state index in [9.17, 15) is 9.59 Å². The summed E-state index contributed by atoms with van der Waals surface area (Å²) >= 11 is 0. The number of aryl methyl sites for hydroxylation is 2. The van der Waals surface area contributed by atoms with Gasteiger partial charge in [-0.1, -0.05) is 0 Å². The highest BCUT2D eigenvalue weighted by Gasteiger charge is 2.36. The summed E-state index contributed by atoms with van der Waals surface area (Å²) in [7, 11) is 0. The molecule has 4 heteroatoms. The van der Waals surface area contributed by atoms with Gasteiger partial charge in [-0.25, -0.2) is 0 Å². The van der Waals surface area contributed by atoms with Crippen LogP contribution >= 0.6 is 0 Å². The molecule has 4 nitrogen and oxygen atoms in total. The molecule has 0 N–H and O–H groups in total. The summed E-state index contributed by atoms with van der Waals surface area (Å²) in [6.07, 6.45) is 0. The Morgan fingerprint density at radius 2 is 1.25 bits per heavy atom. The zero-order valence-corrected chi connectivity index (χ0v) is 12.1. The Balaban J connectivity index is 2.54. The lowest BCUT2D eigenvalue weighted by atomic mass is 9.83. The highest BCUT2D eigenvalue weighted by molar-refractivity contribution is 6.01. The Morgan fingerprint density at radius 1 is 0.850 bits per heavy atom. The van der Waals surface area contributed by atoms with Gasteiger partial charge in [-0.2, -0.15) is 0 Å². The third kappa shape index (κ3) is 2.74. The Bertz CT molecular complexity index is 578. The number of hydrogen-bond donors (Lipinski definition) is 0. The second-order valence-corrected chi connectivity index (χ2v) is 5.07. The molecule has 0 unspecified atom stereocenters. The number of rotatable bonds is 5. The second-order valence-electron chi connectivity index (χ2n) is 5.07. The predicted octanol–water partition coefficient (Wildman–Crippen LogP) is 3.42. The lowest BCUT2D eigenvalue weighted by molar-refractivity contribution is -0.131. The van der Waals surface area contributed by atoms with Gasteiger partial charge in [0, 0.05) is 0 Å². The predicted molar refractivity (Wildman–Crippen MR) is 73.6 cm³/mol. The van der Waals surface area contributed by atoms with E-state index in [0.29, 0.717) is 11.5 Å². The summed E-state index contributed by atoms with van der Waals surface area (Å²) in [5.41, 5.74) is 0. The highest BCUT2D eigenvalue weighted by Crippen LogP contribution is 2.35. The van der Waals surface area contributed by atoms with Crippen LogP contribution in [-0.4, -0.2) is 11.6 Å². The molecule has 2 aromatic heterocycles. The fourth-order valence-electron chi connectivity index (χ4n) is 2.47. The Kier molecular flexibility index (Phi) is 3.93. The van der Waals surface area contributed by atoms with E-state index in [2.05, 4.69) is 0 Å². The van der Waals surface area contributed by atoms with Gasteiger partial charge in [0.1, 0.15) is 34.6 Å². The highest BCUT2D eigenvalue weighted by atomic mass is 16.4.